The zero-order valence-electron chi connectivity index (χ0n) is 13.3. The first-order chi connectivity index (χ1) is 12.0. The Morgan fingerprint density at radius 1 is 1.24 bits per heavy atom. The third kappa shape index (κ3) is 3.83. The molecule has 1 N–H and O–H groups in total. The van der Waals surface area contributed by atoms with Gasteiger partial charge >= 0.3 is 0 Å². The summed E-state index contributed by atoms with van der Waals surface area (Å²) in [6, 6.07) is 11.3. The van der Waals surface area contributed by atoms with Crippen LogP contribution in [0.25, 0.3) is 0 Å². The van der Waals surface area contributed by atoms with Crippen LogP contribution >= 0.6 is 23.2 Å². The Hall–Kier alpha value is -2.37. The fourth-order valence-electron chi connectivity index (χ4n) is 2.32. The molecular weight excluding hydrogens is 364 g/mol. The smallest absolute Gasteiger partial charge is 0.256 e. The molecular formula is C18H14Cl2FN3O. The van der Waals surface area contributed by atoms with Crippen molar-refractivity contribution >= 4 is 34.9 Å². The standard InChI is InChI=1S/C18H14Cl2FN3O/c1-11-5-6-12(9-15(11)21)18(25)23-16-7-8-22-24(16)10-13-3-2-4-14(19)17(13)20/h2-9H,10H2,1H3,(H,23,25). The molecule has 4 nitrogen and oxygen atoms in total. The van der Waals surface area contributed by atoms with E-state index in [9.17, 15) is 9.18 Å². The predicted octanol–water partition coefficient (Wildman–Crippen LogP) is 4.94. The molecule has 0 bridgehead atoms. The van der Waals surface area contributed by atoms with Gasteiger partial charge in [0.25, 0.3) is 5.91 Å². The Morgan fingerprint density at radius 3 is 2.80 bits per heavy atom. The number of anilines is 1. The second kappa shape index (κ2) is 7.25. The first kappa shape index (κ1) is 17.5. The molecule has 3 rings (SSSR count). The quantitative estimate of drug-likeness (QED) is 0.699. The van der Waals surface area contributed by atoms with Crippen molar-refractivity contribution in [1.82, 2.24) is 9.78 Å². The van der Waals surface area contributed by atoms with E-state index in [4.69, 9.17) is 23.2 Å². The molecule has 0 aliphatic carbocycles. The summed E-state index contributed by atoms with van der Waals surface area (Å²) in [7, 11) is 0. The van der Waals surface area contributed by atoms with Crippen LogP contribution in [0.2, 0.25) is 10.0 Å². The van der Waals surface area contributed by atoms with Gasteiger partial charge in [-0.05, 0) is 36.2 Å². The van der Waals surface area contributed by atoms with Crippen LogP contribution < -0.4 is 5.32 Å². The lowest BCUT2D eigenvalue weighted by Gasteiger charge is -2.11. The topological polar surface area (TPSA) is 46.9 Å². The summed E-state index contributed by atoms with van der Waals surface area (Å²) in [5, 5.41) is 7.81. The van der Waals surface area contributed by atoms with Crippen molar-refractivity contribution < 1.29 is 9.18 Å². The van der Waals surface area contributed by atoms with E-state index in [0.29, 0.717) is 28.0 Å². The first-order valence-corrected chi connectivity index (χ1v) is 8.23. The number of rotatable bonds is 4. The number of benzene rings is 2. The van der Waals surface area contributed by atoms with E-state index >= 15 is 0 Å². The van der Waals surface area contributed by atoms with Crippen molar-refractivity contribution in [3.8, 4) is 0 Å². The number of carbonyl (C=O) groups excluding carboxylic acids is 1. The fourth-order valence-corrected chi connectivity index (χ4v) is 2.70. The highest BCUT2D eigenvalue weighted by Gasteiger charge is 2.13. The van der Waals surface area contributed by atoms with Crippen LogP contribution in [0.1, 0.15) is 21.5 Å². The minimum absolute atomic E-state index is 0.233. The van der Waals surface area contributed by atoms with Crippen LogP contribution in [0.3, 0.4) is 0 Å². The molecule has 0 atom stereocenters. The van der Waals surface area contributed by atoms with E-state index in [1.54, 1.807) is 48.1 Å². The molecule has 0 unspecified atom stereocenters. The Balaban J connectivity index is 1.81. The summed E-state index contributed by atoms with van der Waals surface area (Å²) in [6.45, 7) is 1.98. The number of carbonyl (C=O) groups is 1. The molecule has 1 amide bonds. The van der Waals surface area contributed by atoms with Gasteiger partial charge in [-0.2, -0.15) is 5.10 Å². The average Bonchev–Trinajstić information content (AvgIpc) is 3.01. The van der Waals surface area contributed by atoms with Crippen LogP contribution in [-0.4, -0.2) is 15.7 Å². The second-order valence-corrected chi connectivity index (χ2v) is 6.29. The highest BCUT2D eigenvalue weighted by molar-refractivity contribution is 6.42. The first-order valence-electron chi connectivity index (χ1n) is 7.48. The molecule has 1 heterocycles. The molecule has 128 valence electrons. The molecule has 1 aromatic heterocycles. The van der Waals surface area contributed by atoms with E-state index in [1.807, 2.05) is 6.07 Å². The number of nitrogens with one attached hydrogen (secondary N) is 1. The van der Waals surface area contributed by atoms with Crippen molar-refractivity contribution in [3.63, 3.8) is 0 Å². The minimum Gasteiger partial charge on any atom is -0.307 e. The summed E-state index contributed by atoms with van der Waals surface area (Å²) in [6.07, 6.45) is 1.56. The zero-order chi connectivity index (χ0) is 18.0. The summed E-state index contributed by atoms with van der Waals surface area (Å²) in [5.41, 5.74) is 1.49. The minimum atomic E-state index is -0.424. The van der Waals surface area contributed by atoms with Crippen LogP contribution in [0.5, 0.6) is 0 Å². The van der Waals surface area contributed by atoms with Gasteiger partial charge < -0.3 is 5.32 Å². The monoisotopic (exact) mass is 377 g/mol. The summed E-state index contributed by atoms with van der Waals surface area (Å²) in [4.78, 5) is 12.3. The molecule has 0 fully saturated rings. The highest BCUT2D eigenvalue weighted by atomic mass is 35.5. The third-order valence-corrected chi connectivity index (χ3v) is 4.60. The van der Waals surface area contributed by atoms with Gasteiger partial charge in [-0.25, -0.2) is 9.07 Å². The van der Waals surface area contributed by atoms with Gasteiger partial charge in [0.2, 0.25) is 0 Å². The van der Waals surface area contributed by atoms with Crippen LogP contribution in [-0.2, 0) is 6.54 Å². The molecule has 0 saturated heterocycles. The average molecular weight is 378 g/mol. The predicted molar refractivity (Wildman–Crippen MR) is 96.9 cm³/mol. The maximum atomic E-state index is 13.6. The van der Waals surface area contributed by atoms with Gasteiger partial charge in [0, 0.05) is 11.6 Å². The number of halogens is 3. The highest BCUT2D eigenvalue weighted by Crippen LogP contribution is 2.26. The van der Waals surface area contributed by atoms with E-state index < -0.39 is 11.7 Å². The Labute approximate surface area is 154 Å². The summed E-state index contributed by atoms with van der Waals surface area (Å²) < 4.78 is 15.2. The summed E-state index contributed by atoms with van der Waals surface area (Å²) >= 11 is 12.2. The van der Waals surface area contributed by atoms with E-state index in [-0.39, 0.29) is 5.56 Å². The molecule has 7 heteroatoms. The number of hydrogen-bond donors (Lipinski definition) is 1. The molecule has 2 aromatic carbocycles. The fraction of sp³-hybridized carbons (Fsp3) is 0.111. The third-order valence-electron chi connectivity index (χ3n) is 3.74. The number of aryl methyl sites for hydroxylation is 1. The van der Waals surface area contributed by atoms with E-state index in [1.165, 1.54) is 6.07 Å². The van der Waals surface area contributed by atoms with Crippen molar-refractivity contribution in [2.45, 2.75) is 13.5 Å². The van der Waals surface area contributed by atoms with Gasteiger partial charge in [-0.3, -0.25) is 4.79 Å². The zero-order valence-corrected chi connectivity index (χ0v) is 14.8. The molecule has 3 aromatic rings. The Morgan fingerprint density at radius 2 is 2.04 bits per heavy atom. The lowest BCUT2D eigenvalue weighted by Crippen LogP contribution is -2.16. The Kier molecular flexibility index (Phi) is 5.06. The van der Waals surface area contributed by atoms with Crippen LogP contribution in [0, 0.1) is 12.7 Å². The van der Waals surface area contributed by atoms with Gasteiger partial charge in [0.05, 0.1) is 22.8 Å². The molecule has 0 spiro atoms. The lowest BCUT2D eigenvalue weighted by molar-refractivity contribution is 0.102. The normalized spacial score (nSPS) is 10.7. The molecule has 0 saturated carbocycles. The van der Waals surface area contributed by atoms with Crippen LogP contribution in [0.4, 0.5) is 10.2 Å². The van der Waals surface area contributed by atoms with Crippen molar-refractivity contribution in [2.24, 2.45) is 0 Å². The number of amides is 1. The van der Waals surface area contributed by atoms with Crippen molar-refractivity contribution in [1.29, 1.82) is 0 Å². The van der Waals surface area contributed by atoms with Crippen LogP contribution in [0.15, 0.2) is 48.7 Å². The molecule has 0 aliphatic rings. The maximum absolute atomic E-state index is 13.6. The largest absolute Gasteiger partial charge is 0.307 e. The van der Waals surface area contributed by atoms with E-state index in [0.717, 1.165) is 5.56 Å². The summed E-state index contributed by atoms with van der Waals surface area (Å²) in [5.74, 6) is -0.369. The second-order valence-electron chi connectivity index (χ2n) is 5.51. The van der Waals surface area contributed by atoms with E-state index in [2.05, 4.69) is 10.4 Å². The molecule has 0 aliphatic heterocycles. The van der Waals surface area contributed by atoms with Crippen molar-refractivity contribution in [3.05, 3.63) is 81.2 Å². The van der Waals surface area contributed by atoms with Gasteiger partial charge in [0.1, 0.15) is 11.6 Å². The molecule has 25 heavy (non-hydrogen) atoms. The maximum Gasteiger partial charge on any atom is 0.256 e. The van der Waals surface area contributed by atoms with Gasteiger partial charge in [0.15, 0.2) is 0 Å². The number of nitrogens with zero attached hydrogens (tertiary/aromatic N) is 2. The van der Waals surface area contributed by atoms with Crippen molar-refractivity contribution in [2.75, 3.05) is 5.32 Å². The van der Waals surface area contributed by atoms with Gasteiger partial charge in [-0.1, -0.05) is 41.4 Å². The number of aromatic nitrogens is 2. The number of hydrogen-bond acceptors (Lipinski definition) is 2. The lowest BCUT2D eigenvalue weighted by atomic mass is 10.1. The Bertz CT molecular complexity index is 940. The molecule has 0 radical (unpaired) electrons. The van der Waals surface area contributed by atoms with Gasteiger partial charge in [-0.15, -0.1) is 0 Å². The SMILES string of the molecule is Cc1ccc(C(=O)Nc2ccnn2Cc2cccc(Cl)c2Cl)cc1F.